The first kappa shape index (κ1) is 16.9. The van der Waals surface area contributed by atoms with E-state index in [4.69, 9.17) is 17.3 Å². The highest BCUT2D eigenvalue weighted by Gasteiger charge is 2.19. The molecule has 4 N–H and O–H groups in total. The van der Waals surface area contributed by atoms with E-state index in [-0.39, 0.29) is 16.5 Å². The van der Waals surface area contributed by atoms with Gasteiger partial charge in [0, 0.05) is 4.47 Å². The Morgan fingerprint density at radius 1 is 1.30 bits per heavy atom. The number of halogens is 2. The monoisotopic (exact) mass is 383 g/mol. The maximum absolute atomic E-state index is 11.9. The predicted octanol–water partition coefficient (Wildman–Crippen LogP) is -0.0177. The van der Waals surface area contributed by atoms with Gasteiger partial charge in [0.05, 0.1) is 18.1 Å². The van der Waals surface area contributed by atoms with E-state index < -0.39 is 28.4 Å². The predicted molar refractivity (Wildman–Crippen MR) is 76.5 cm³/mol. The van der Waals surface area contributed by atoms with Gasteiger partial charge < -0.3 is 11.1 Å². The number of amides is 2. The summed E-state index contributed by atoms with van der Waals surface area (Å²) >= 11 is 8.97. The third-order valence-corrected chi connectivity index (χ3v) is 4.44. The van der Waals surface area contributed by atoms with Crippen molar-refractivity contribution in [2.24, 2.45) is 5.73 Å². The Balaban J connectivity index is 2.71. The van der Waals surface area contributed by atoms with Crippen LogP contribution in [0.2, 0.25) is 5.02 Å². The second-order valence-corrected chi connectivity index (χ2v) is 6.70. The van der Waals surface area contributed by atoms with Gasteiger partial charge in [-0.2, -0.15) is 0 Å². The molecule has 2 amide bonds. The minimum atomic E-state index is -3.92. The number of benzene rings is 1. The van der Waals surface area contributed by atoms with E-state index in [1.54, 1.807) is 0 Å². The van der Waals surface area contributed by atoms with Crippen molar-refractivity contribution < 1.29 is 18.0 Å². The van der Waals surface area contributed by atoms with Crippen LogP contribution in [0, 0.1) is 0 Å². The fraction of sp³-hybridized carbons (Fsp3) is 0.200. The normalized spacial score (nSPS) is 11.1. The molecule has 0 saturated carbocycles. The maximum Gasteiger partial charge on any atom is 0.242 e. The summed E-state index contributed by atoms with van der Waals surface area (Å²) < 4.78 is 26.5. The second kappa shape index (κ2) is 7.02. The molecule has 0 fully saturated rings. The molecule has 1 rings (SSSR count). The molecule has 0 aliphatic heterocycles. The van der Waals surface area contributed by atoms with Crippen molar-refractivity contribution in [1.82, 2.24) is 10.0 Å². The molecule has 110 valence electrons. The SMILES string of the molecule is NC(=O)CNC(=O)CNS(=O)(=O)c1ccc(Br)cc1Cl. The summed E-state index contributed by atoms with van der Waals surface area (Å²) in [6, 6.07) is 4.23. The van der Waals surface area contributed by atoms with Crippen molar-refractivity contribution in [3.63, 3.8) is 0 Å². The van der Waals surface area contributed by atoms with Gasteiger partial charge in [0.2, 0.25) is 21.8 Å². The Kier molecular flexibility index (Phi) is 5.93. The number of sulfonamides is 1. The van der Waals surface area contributed by atoms with Crippen molar-refractivity contribution in [3.05, 3.63) is 27.7 Å². The van der Waals surface area contributed by atoms with Crippen molar-refractivity contribution in [2.75, 3.05) is 13.1 Å². The zero-order valence-electron chi connectivity index (χ0n) is 10.0. The van der Waals surface area contributed by atoms with Crippen LogP contribution < -0.4 is 15.8 Å². The lowest BCUT2D eigenvalue weighted by Crippen LogP contribution is -2.40. The standard InChI is InChI=1S/C10H11BrClN3O4S/c11-6-1-2-8(7(12)3-6)20(18,19)15-5-10(17)14-4-9(13)16/h1-3,15H,4-5H2,(H2,13,16)(H,14,17). The van der Waals surface area contributed by atoms with Crippen LogP contribution in [0.1, 0.15) is 0 Å². The van der Waals surface area contributed by atoms with Crippen LogP contribution >= 0.6 is 27.5 Å². The first-order valence-corrected chi connectivity index (χ1v) is 7.87. The van der Waals surface area contributed by atoms with Gasteiger partial charge in [-0.1, -0.05) is 27.5 Å². The fourth-order valence-corrected chi connectivity index (χ4v) is 3.20. The van der Waals surface area contributed by atoms with Gasteiger partial charge in [0.15, 0.2) is 0 Å². The van der Waals surface area contributed by atoms with E-state index in [2.05, 4.69) is 26.0 Å². The number of primary amides is 1. The highest BCUT2D eigenvalue weighted by molar-refractivity contribution is 9.10. The molecule has 0 aromatic heterocycles. The molecule has 0 bridgehead atoms. The number of rotatable bonds is 6. The van der Waals surface area contributed by atoms with E-state index in [1.165, 1.54) is 18.2 Å². The van der Waals surface area contributed by atoms with Gasteiger partial charge in [-0.3, -0.25) is 9.59 Å². The molecular formula is C10H11BrClN3O4S. The van der Waals surface area contributed by atoms with Gasteiger partial charge in [0.25, 0.3) is 0 Å². The van der Waals surface area contributed by atoms with Crippen molar-refractivity contribution in [3.8, 4) is 0 Å². The smallest absolute Gasteiger partial charge is 0.242 e. The summed E-state index contributed by atoms with van der Waals surface area (Å²) in [5.74, 6) is -1.40. The third-order valence-electron chi connectivity index (χ3n) is 2.07. The Morgan fingerprint density at radius 2 is 1.95 bits per heavy atom. The zero-order valence-corrected chi connectivity index (χ0v) is 13.2. The van der Waals surface area contributed by atoms with Crippen molar-refractivity contribution in [2.45, 2.75) is 4.90 Å². The topological polar surface area (TPSA) is 118 Å². The summed E-state index contributed by atoms with van der Waals surface area (Å²) in [7, 11) is -3.92. The first-order chi connectivity index (χ1) is 9.22. The molecule has 0 atom stereocenters. The molecule has 0 aliphatic carbocycles. The maximum atomic E-state index is 11.9. The summed E-state index contributed by atoms with van der Waals surface area (Å²) in [6.07, 6.45) is 0. The molecule has 0 radical (unpaired) electrons. The summed E-state index contributed by atoms with van der Waals surface area (Å²) in [5.41, 5.74) is 4.83. The lowest BCUT2D eigenvalue weighted by Gasteiger charge is -2.08. The third kappa shape index (κ3) is 5.08. The second-order valence-electron chi connectivity index (χ2n) is 3.64. The van der Waals surface area contributed by atoms with Crippen LogP contribution in [-0.4, -0.2) is 33.3 Å². The van der Waals surface area contributed by atoms with Gasteiger partial charge in [-0.05, 0) is 18.2 Å². The number of hydrogen-bond acceptors (Lipinski definition) is 4. The van der Waals surface area contributed by atoms with E-state index in [0.29, 0.717) is 4.47 Å². The van der Waals surface area contributed by atoms with E-state index >= 15 is 0 Å². The quantitative estimate of drug-likeness (QED) is 0.639. The molecule has 0 unspecified atom stereocenters. The average Bonchev–Trinajstić information content (AvgIpc) is 2.33. The Hall–Kier alpha value is -1.16. The minimum absolute atomic E-state index is 0.0180. The molecule has 1 aromatic rings. The van der Waals surface area contributed by atoms with Gasteiger partial charge >= 0.3 is 0 Å². The number of nitrogens with one attached hydrogen (secondary N) is 2. The number of carbonyl (C=O) groups is 2. The van der Waals surface area contributed by atoms with Gasteiger partial charge in [-0.15, -0.1) is 0 Å². The Labute approximate surface area is 129 Å². The molecule has 10 heteroatoms. The molecule has 20 heavy (non-hydrogen) atoms. The summed E-state index contributed by atoms with van der Waals surface area (Å²) in [5, 5.41) is 2.17. The molecule has 0 aliphatic rings. The molecule has 0 heterocycles. The fourth-order valence-electron chi connectivity index (χ4n) is 1.18. The number of carbonyl (C=O) groups excluding carboxylic acids is 2. The highest BCUT2D eigenvalue weighted by atomic mass is 79.9. The van der Waals surface area contributed by atoms with Crippen molar-refractivity contribution in [1.29, 1.82) is 0 Å². The zero-order chi connectivity index (χ0) is 15.3. The lowest BCUT2D eigenvalue weighted by molar-refractivity contribution is -0.124. The molecule has 0 spiro atoms. The summed E-state index contributed by atoms with van der Waals surface area (Å²) in [6.45, 7) is -0.887. The van der Waals surface area contributed by atoms with Crippen LogP contribution in [0.3, 0.4) is 0 Å². The number of hydrogen-bond donors (Lipinski definition) is 3. The largest absolute Gasteiger partial charge is 0.368 e. The van der Waals surface area contributed by atoms with Crippen LogP contribution in [0.15, 0.2) is 27.6 Å². The van der Waals surface area contributed by atoms with E-state index in [9.17, 15) is 18.0 Å². The Morgan fingerprint density at radius 3 is 2.50 bits per heavy atom. The molecule has 1 aromatic carbocycles. The van der Waals surface area contributed by atoms with E-state index in [0.717, 1.165) is 0 Å². The molecular weight excluding hydrogens is 374 g/mol. The van der Waals surface area contributed by atoms with Crippen LogP contribution in [0.5, 0.6) is 0 Å². The number of nitrogens with two attached hydrogens (primary N) is 1. The molecule has 7 nitrogen and oxygen atoms in total. The molecule has 0 saturated heterocycles. The van der Waals surface area contributed by atoms with Gasteiger partial charge in [0.1, 0.15) is 4.90 Å². The highest BCUT2D eigenvalue weighted by Crippen LogP contribution is 2.24. The Bertz CT molecular complexity index is 635. The summed E-state index contributed by atoms with van der Waals surface area (Å²) in [4.78, 5) is 21.6. The van der Waals surface area contributed by atoms with E-state index in [1.807, 2.05) is 0 Å². The average molecular weight is 385 g/mol. The van der Waals surface area contributed by atoms with Crippen LogP contribution in [-0.2, 0) is 19.6 Å². The van der Waals surface area contributed by atoms with Gasteiger partial charge in [-0.25, -0.2) is 13.1 Å². The first-order valence-electron chi connectivity index (χ1n) is 5.22. The van der Waals surface area contributed by atoms with Crippen molar-refractivity contribution >= 4 is 49.4 Å². The van der Waals surface area contributed by atoms with Crippen LogP contribution in [0.4, 0.5) is 0 Å². The lowest BCUT2D eigenvalue weighted by atomic mass is 10.4. The van der Waals surface area contributed by atoms with Crippen LogP contribution in [0.25, 0.3) is 0 Å². The minimum Gasteiger partial charge on any atom is -0.368 e.